The molecule has 8 nitrogen and oxygen atoms in total. The van der Waals surface area contributed by atoms with Gasteiger partial charge in [-0.3, -0.25) is 15.0 Å². The first-order valence-corrected chi connectivity index (χ1v) is 8.34. The first kappa shape index (κ1) is 19.4. The molecule has 2 heterocycles. The van der Waals surface area contributed by atoms with Gasteiger partial charge >= 0.3 is 6.18 Å². The van der Waals surface area contributed by atoms with Crippen LogP contribution < -0.4 is 4.90 Å². The van der Waals surface area contributed by atoms with Gasteiger partial charge in [-0.2, -0.15) is 18.2 Å². The first-order chi connectivity index (χ1) is 12.6. The molecule has 27 heavy (non-hydrogen) atoms. The van der Waals surface area contributed by atoms with Crippen molar-refractivity contribution in [3.63, 3.8) is 0 Å². The Morgan fingerprint density at radius 3 is 2.48 bits per heavy atom. The lowest BCUT2D eigenvalue weighted by Gasteiger charge is -2.35. The van der Waals surface area contributed by atoms with E-state index in [1.54, 1.807) is 11.8 Å². The maximum atomic E-state index is 13.0. The number of alkyl halides is 3. The van der Waals surface area contributed by atoms with E-state index >= 15 is 0 Å². The van der Waals surface area contributed by atoms with Crippen molar-refractivity contribution in [3.8, 4) is 0 Å². The minimum Gasteiger partial charge on any atom is -0.363 e. The highest BCUT2D eigenvalue weighted by atomic mass is 35.5. The zero-order chi connectivity index (χ0) is 19.8. The third kappa shape index (κ3) is 4.30. The molecular weight excluding hydrogens is 391 g/mol. The quantitative estimate of drug-likeness (QED) is 0.569. The van der Waals surface area contributed by atoms with Crippen LogP contribution in [0.2, 0.25) is 5.02 Å². The van der Waals surface area contributed by atoms with Crippen molar-refractivity contribution < 1.29 is 22.6 Å². The maximum Gasteiger partial charge on any atom is 0.418 e. The molecule has 0 bridgehead atoms. The van der Waals surface area contributed by atoms with Crippen molar-refractivity contribution >= 4 is 23.0 Å². The highest BCUT2D eigenvalue weighted by Gasteiger charge is 2.37. The number of nitro groups is 1. The van der Waals surface area contributed by atoms with E-state index in [4.69, 9.17) is 16.1 Å². The minimum absolute atomic E-state index is 0.0769. The van der Waals surface area contributed by atoms with Gasteiger partial charge in [0, 0.05) is 39.2 Å². The smallest absolute Gasteiger partial charge is 0.363 e. The molecule has 0 saturated carbocycles. The zero-order valence-corrected chi connectivity index (χ0v) is 14.9. The first-order valence-electron chi connectivity index (χ1n) is 7.97. The van der Waals surface area contributed by atoms with Crippen molar-refractivity contribution in [2.45, 2.75) is 19.6 Å². The molecule has 3 rings (SSSR count). The molecule has 0 atom stereocenters. The number of piperazine rings is 1. The Balaban J connectivity index is 1.77. The van der Waals surface area contributed by atoms with Crippen molar-refractivity contribution in [1.29, 1.82) is 0 Å². The fourth-order valence-electron chi connectivity index (χ4n) is 2.92. The van der Waals surface area contributed by atoms with Crippen LogP contribution in [0.5, 0.6) is 0 Å². The number of halogens is 4. The summed E-state index contributed by atoms with van der Waals surface area (Å²) in [6, 6.07) is 1.51. The summed E-state index contributed by atoms with van der Waals surface area (Å²) in [5.41, 5.74) is -1.76. The molecule has 12 heteroatoms. The van der Waals surface area contributed by atoms with Gasteiger partial charge in [-0.1, -0.05) is 16.8 Å². The molecule has 0 aliphatic carbocycles. The monoisotopic (exact) mass is 405 g/mol. The van der Waals surface area contributed by atoms with Gasteiger partial charge in [-0.25, -0.2) is 0 Å². The number of hydrogen-bond acceptors (Lipinski definition) is 7. The van der Waals surface area contributed by atoms with Crippen LogP contribution in [-0.2, 0) is 12.7 Å². The molecule has 2 aromatic rings. The van der Waals surface area contributed by atoms with Crippen LogP contribution in [0.3, 0.4) is 0 Å². The van der Waals surface area contributed by atoms with Gasteiger partial charge < -0.3 is 9.42 Å². The molecule has 1 aromatic heterocycles. The Kier molecular flexibility index (Phi) is 5.24. The summed E-state index contributed by atoms with van der Waals surface area (Å²) in [4.78, 5) is 18.3. The number of rotatable bonds is 4. The second-order valence-corrected chi connectivity index (χ2v) is 6.48. The van der Waals surface area contributed by atoms with Gasteiger partial charge in [-0.15, -0.1) is 0 Å². The van der Waals surface area contributed by atoms with Crippen molar-refractivity contribution in [2.24, 2.45) is 0 Å². The Labute approximate surface area is 156 Å². The van der Waals surface area contributed by atoms with Gasteiger partial charge in [0.2, 0.25) is 5.89 Å². The minimum atomic E-state index is -4.76. The summed E-state index contributed by atoms with van der Waals surface area (Å²) in [5, 5.41) is 14.5. The second-order valence-electron chi connectivity index (χ2n) is 6.07. The van der Waals surface area contributed by atoms with E-state index in [9.17, 15) is 23.3 Å². The number of aromatic nitrogens is 2. The molecule has 0 spiro atoms. The molecule has 1 saturated heterocycles. The molecule has 1 fully saturated rings. The highest BCUT2D eigenvalue weighted by Crippen LogP contribution is 2.41. The molecule has 0 unspecified atom stereocenters. The summed E-state index contributed by atoms with van der Waals surface area (Å²) in [6.07, 6.45) is -4.76. The molecule has 1 aromatic carbocycles. The van der Waals surface area contributed by atoms with E-state index < -0.39 is 27.4 Å². The summed E-state index contributed by atoms with van der Waals surface area (Å²) in [7, 11) is 0. The number of hydrogen-bond donors (Lipinski definition) is 0. The van der Waals surface area contributed by atoms with Gasteiger partial charge in [0.05, 0.1) is 22.1 Å². The maximum absolute atomic E-state index is 13.0. The van der Waals surface area contributed by atoms with Crippen molar-refractivity contribution in [1.82, 2.24) is 15.0 Å². The number of anilines is 1. The zero-order valence-electron chi connectivity index (χ0n) is 14.2. The Morgan fingerprint density at radius 2 is 1.96 bits per heavy atom. The van der Waals surface area contributed by atoms with Crippen molar-refractivity contribution in [3.05, 3.63) is 44.5 Å². The van der Waals surface area contributed by atoms with Crippen LogP contribution >= 0.6 is 11.6 Å². The Morgan fingerprint density at radius 1 is 1.30 bits per heavy atom. The normalized spacial score (nSPS) is 16.0. The predicted molar refractivity (Wildman–Crippen MR) is 89.6 cm³/mol. The van der Waals surface area contributed by atoms with Gasteiger partial charge in [-0.05, 0) is 6.07 Å². The van der Waals surface area contributed by atoms with Crippen LogP contribution in [0.15, 0.2) is 16.7 Å². The average Bonchev–Trinajstić information content (AvgIpc) is 2.99. The van der Waals surface area contributed by atoms with E-state index in [2.05, 4.69) is 10.1 Å². The largest absolute Gasteiger partial charge is 0.418 e. The number of aryl methyl sites for hydroxylation is 1. The molecule has 0 radical (unpaired) electrons. The van der Waals surface area contributed by atoms with Crippen LogP contribution in [0.1, 0.15) is 17.3 Å². The van der Waals surface area contributed by atoms with Crippen LogP contribution in [0.4, 0.5) is 24.5 Å². The summed E-state index contributed by atoms with van der Waals surface area (Å²) in [6.45, 7) is 3.98. The topological polar surface area (TPSA) is 88.5 Å². The van der Waals surface area contributed by atoms with E-state index in [0.29, 0.717) is 50.5 Å². The Hall–Kier alpha value is -2.40. The fraction of sp³-hybridized carbons (Fsp3) is 0.467. The van der Waals surface area contributed by atoms with E-state index in [-0.39, 0.29) is 5.69 Å². The van der Waals surface area contributed by atoms with E-state index in [1.165, 1.54) is 0 Å². The van der Waals surface area contributed by atoms with Crippen molar-refractivity contribution in [2.75, 3.05) is 31.1 Å². The lowest BCUT2D eigenvalue weighted by molar-refractivity contribution is -0.384. The molecule has 146 valence electrons. The van der Waals surface area contributed by atoms with E-state index in [1.807, 2.05) is 4.90 Å². The average molecular weight is 406 g/mol. The number of benzene rings is 1. The van der Waals surface area contributed by atoms with E-state index in [0.717, 1.165) is 6.07 Å². The summed E-state index contributed by atoms with van der Waals surface area (Å²) in [5.74, 6) is 0.989. The van der Waals surface area contributed by atoms with Gasteiger partial charge in [0.15, 0.2) is 5.82 Å². The van der Waals surface area contributed by atoms with Crippen LogP contribution in [0, 0.1) is 17.0 Å². The predicted octanol–water partition coefficient (Wildman–Crippen LogP) is 3.28. The van der Waals surface area contributed by atoms with Gasteiger partial charge in [0.25, 0.3) is 5.69 Å². The fourth-order valence-corrected chi connectivity index (χ4v) is 3.19. The number of nitro benzene ring substituents is 1. The molecular formula is C15H15ClF3N5O3. The summed E-state index contributed by atoms with van der Waals surface area (Å²) < 4.78 is 43.8. The third-order valence-electron chi connectivity index (χ3n) is 4.21. The van der Waals surface area contributed by atoms with Gasteiger partial charge in [0.1, 0.15) is 5.69 Å². The Bertz CT molecular complexity index is 850. The SMILES string of the molecule is Cc1nc(CN2CCN(c3cc(Cl)c(C(F)(F)F)cc3[N+](=O)[O-])CC2)no1. The lowest BCUT2D eigenvalue weighted by Crippen LogP contribution is -2.46. The highest BCUT2D eigenvalue weighted by molar-refractivity contribution is 6.31. The molecule has 0 amide bonds. The second kappa shape index (κ2) is 7.31. The standard InChI is InChI=1S/C15H15ClF3N5O3/c1-9-20-14(21-27-9)8-22-2-4-23(5-3-22)12-7-11(16)10(15(17,18)19)6-13(12)24(25)26/h6-7H,2-5,8H2,1H3. The summed E-state index contributed by atoms with van der Waals surface area (Å²) >= 11 is 5.74. The molecule has 1 aliphatic heterocycles. The van der Waals surface area contributed by atoms with Crippen LogP contribution in [-0.4, -0.2) is 46.1 Å². The molecule has 0 N–H and O–H groups in total. The van der Waals surface area contributed by atoms with Crippen LogP contribution in [0.25, 0.3) is 0 Å². The lowest BCUT2D eigenvalue weighted by atomic mass is 10.1. The molecule has 1 aliphatic rings. The number of nitrogens with zero attached hydrogens (tertiary/aromatic N) is 5. The third-order valence-corrected chi connectivity index (χ3v) is 4.53.